The summed E-state index contributed by atoms with van der Waals surface area (Å²) in [6, 6.07) is 3.07. The molecule has 2 aliphatic heterocycles. The van der Waals surface area contributed by atoms with Crippen LogP contribution in [0.3, 0.4) is 0 Å². The van der Waals surface area contributed by atoms with Crippen LogP contribution in [-0.2, 0) is 19.5 Å². The second-order valence-corrected chi connectivity index (χ2v) is 7.57. The Morgan fingerprint density at radius 1 is 1.27 bits per heavy atom. The molecule has 0 spiro atoms. The van der Waals surface area contributed by atoms with Crippen molar-refractivity contribution >= 4 is 5.65 Å². The average Bonchev–Trinajstić information content (AvgIpc) is 3.25. The normalized spacial score (nSPS) is 22.1. The molecule has 1 fully saturated rings. The maximum atomic E-state index is 4.68. The summed E-state index contributed by atoms with van der Waals surface area (Å²) in [5.41, 5.74) is 7.26. The number of hydrogen-bond donors (Lipinski definition) is 0. The molecule has 0 amide bonds. The minimum absolute atomic E-state index is 0.437. The van der Waals surface area contributed by atoms with E-state index < -0.39 is 0 Å². The highest BCUT2D eigenvalue weighted by molar-refractivity contribution is 5.44. The maximum absolute atomic E-state index is 4.68. The van der Waals surface area contributed by atoms with E-state index >= 15 is 0 Å². The van der Waals surface area contributed by atoms with Crippen LogP contribution in [0.1, 0.15) is 47.1 Å². The van der Waals surface area contributed by atoms with Gasteiger partial charge in [-0.2, -0.15) is 10.2 Å². The zero-order valence-electron chi connectivity index (χ0n) is 15.4. The lowest BCUT2D eigenvalue weighted by Crippen LogP contribution is -2.38. The minimum atomic E-state index is 0.437. The van der Waals surface area contributed by atoms with Gasteiger partial charge in [0.05, 0.1) is 24.1 Å². The average molecular weight is 348 g/mol. The molecule has 134 valence electrons. The van der Waals surface area contributed by atoms with E-state index in [2.05, 4.69) is 50.4 Å². The molecule has 26 heavy (non-hydrogen) atoms. The Morgan fingerprint density at radius 2 is 2.15 bits per heavy atom. The number of nitrogens with zero attached hydrogens (tertiary/aromatic N) is 6. The van der Waals surface area contributed by atoms with Crippen molar-refractivity contribution in [3.05, 3.63) is 59.3 Å². The SMILES string of the molecule is C=CCn1ncc(CN2C3CCC2c2cnc4cc(C)nn4c2C3)c1C. The summed E-state index contributed by atoms with van der Waals surface area (Å²) in [5, 5.41) is 9.20. The standard InChI is InChI=1S/C20H24N6/c1-4-7-25-14(3)15(10-22-25)12-24-16-5-6-18(24)17-11-21-20-8-13(2)23-26(20)19(17)9-16/h4,8,10-11,16,18H,1,5-7,9,12H2,2-3H3. The lowest BCUT2D eigenvalue weighted by Gasteiger charge is -2.36. The van der Waals surface area contributed by atoms with Gasteiger partial charge in [0.15, 0.2) is 5.65 Å². The van der Waals surface area contributed by atoms with Crippen molar-refractivity contribution in [3.63, 3.8) is 0 Å². The highest BCUT2D eigenvalue weighted by Gasteiger charge is 2.41. The van der Waals surface area contributed by atoms with Crippen molar-refractivity contribution in [3.8, 4) is 0 Å². The Bertz CT molecular complexity index is 997. The molecule has 0 radical (unpaired) electrons. The van der Waals surface area contributed by atoms with Crippen LogP contribution in [0.5, 0.6) is 0 Å². The van der Waals surface area contributed by atoms with Crippen molar-refractivity contribution in [2.24, 2.45) is 0 Å². The van der Waals surface area contributed by atoms with E-state index in [1.54, 1.807) is 0 Å². The van der Waals surface area contributed by atoms with Crippen molar-refractivity contribution in [2.75, 3.05) is 0 Å². The van der Waals surface area contributed by atoms with Gasteiger partial charge >= 0.3 is 0 Å². The summed E-state index contributed by atoms with van der Waals surface area (Å²) in [5.74, 6) is 0. The van der Waals surface area contributed by atoms with Gasteiger partial charge in [0.25, 0.3) is 0 Å². The van der Waals surface area contributed by atoms with Gasteiger partial charge in [0, 0.05) is 54.1 Å². The van der Waals surface area contributed by atoms with Crippen LogP contribution in [0, 0.1) is 13.8 Å². The van der Waals surface area contributed by atoms with Crippen molar-refractivity contribution in [1.29, 1.82) is 0 Å². The first-order chi connectivity index (χ1) is 12.7. The van der Waals surface area contributed by atoms with E-state index in [-0.39, 0.29) is 0 Å². The molecule has 5 rings (SSSR count). The molecule has 6 heteroatoms. The van der Waals surface area contributed by atoms with E-state index in [4.69, 9.17) is 0 Å². The molecule has 0 aliphatic carbocycles. The molecular weight excluding hydrogens is 324 g/mol. The minimum Gasteiger partial charge on any atom is -0.288 e. The quantitative estimate of drug-likeness (QED) is 0.680. The van der Waals surface area contributed by atoms with E-state index in [1.165, 1.54) is 35.4 Å². The van der Waals surface area contributed by atoms with Gasteiger partial charge in [-0.05, 0) is 26.7 Å². The Balaban J connectivity index is 1.50. The van der Waals surface area contributed by atoms with Crippen LogP contribution in [0.25, 0.3) is 5.65 Å². The second-order valence-electron chi connectivity index (χ2n) is 7.57. The van der Waals surface area contributed by atoms with E-state index in [1.807, 2.05) is 23.9 Å². The first kappa shape index (κ1) is 15.8. The topological polar surface area (TPSA) is 51.2 Å². The first-order valence-electron chi connectivity index (χ1n) is 9.38. The molecule has 2 bridgehead atoms. The number of rotatable bonds is 4. The van der Waals surface area contributed by atoms with Gasteiger partial charge in [-0.15, -0.1) is 6.58 Å². The highest BCUT2D eigenvalue weighted by atomic mass is 15.3. The van der Waals surface area contributed by atoms with Crippen LogP contribution < -0.4 is 0 Å². The molecule has 0 aromatic carbocycles. The molecule has 2 aliphatic rings. The third kappa shape index (κ3) is 2.25. The fraction of sp³-hybridized carbons (Fsp3) is 0.450. The van der Waals surface area contributed by atoms with Crippen LogP contribution in [0.4, 0.5) is 0 Å². The van der Waals surface area contributed by atoms with E-state index in [0.29, 0.717) is 12.1 Å². The van der Waals surface area contributed by atoms with Crippen molar-refractivity contribution < 1.29 is 0 Å². The number of fused-ring (bicyclic) bond motifs is 6. The van der Waals surface area contributed by atoms with E-state index in [0.717, 1.165) is 30.9 Å². The molecule has 5 heterocycles. The third-order valence-electron chi connectivity index (χ3n) is 6.03. The van der Waals surface area contributed by atoms with E-state index in [9.17, 15) is 0 Å². The molecular formula is C20H24N6. The molecule has 3 aromatic rings. The zero-order valence-corrected chi connectivity index (χ0v) is 15.4. The Kier molecular flexibility index (Phi) is 3.50. The predicted molar refractivity (Wildman–Crippen MR) is 99.9 cm³/mol. The summed E-state index contributed by atoms with van der Waals surface area (Å²) >= 11 is 0. The Hall–Kier alpha value is -2.47. The van der Waals surface area contributed by atoms with Gasteiger partial charge in [-0.3, -0.25) is 9.58 Å². The Morgan fingerprint density at radius 3 is 3.00 bits per heavy atom. The fourth-order valence-electron chi connectivity index (χ4n) is 4.69. The van der Waals surface area contributed by atoms with Gasteiger partial charge in [0.2, 0.25) is 0 Å². The van der Waals surface area contributed by atoms with Crippen LogP contribution in [-0.4, -0.2) is 35.3 Å². The molecule has 3 aromatic heterocycles. The number of aryl methyl sites for hydroxylation is 1. The molecule has 1 saturated heterocycles. The summed E-state index contributed by atoms with van der Waals surface area (Å²) in [6.07, 6.45) is 9.48. The number of hydrogen-bond acceptors (Lipinski definition) is 4. The van der Waals surface area contributed by atoms with Gasteiger partial charge in [-0.25, -0.2) is 9.50 Å². The highest BCUT2D eigenvalue weighted by Crippen LogP contribution is 2.44. The van der Waals surface area contributed by atoms with Crippen LogP contribution >= 0.6 is 0 Å². The smallest absolute Gasteiger partial charge is 0.155 e. The molecule has 0 saturated carbocycles. The third-order valence-corrected chi connectivity index (χ3v) is 6.03. The fourth-order valence-corrected chi connectivity index (χ4v) is 4.69. The largest absolute Gasteiger partial charge is 0.288 e. The Labute approximate surface area is 153 Å². The second kappa shape index (κ2) is 5.77. The summed E-state index contributed by atoms with van der Waals surface area (Å²) in [6.45, 7) is 9.73. The first-order valence-corrected chi connectivity index (χ1v) is 9.38. The lowest BCUT2D eigenvalue weighted by atomic mass is 9.98. The predicted octanol–water partition coefficient (Wildman–Crippen LogP) is 2.99. The van der Waals surface area contributed by atoms with Crippen molar-refractivity contribution in [2.45, 2.75) is 58.3 Å². The molecule has 0 N–H and O–H groups in total. The van der Waals surface area contributed by atoms with Crippen molar-refractivity contribution in [1.82, 2.24) is 29.3 Å². The zero-order chi connectivity index (χ0) is 17.8. The summed E-state index contributed by atoms with van der Waals surface area (Å²) in [4.78, 5) is 7.31. The molecule has 2 atom stereocenters. The summed E-state index contributed by atoms with van der Waals surface area (Å²) in [7, 11) is 0. The van der Waals surface area contributed by atoms with Gasteiger partial charge in [-0.1, -0.05) is 6.08 Å². The molecule has 6 nitrogen and oxygen atoms in total. The summed E-state index contributed by atoms with van der Waals surface area (Å²) < 4.78 is 4.10. The number of allylic oxidation sites excluding steroid dienone is 1. The van der Waals surface area contributed by atoms with Gasteiger partial charge in [0.1, 0.15) is 0 Å². The van der Waals surface area contributed by atoms with Crippen LogP contribution in [0.2, 0.25) is 0 Å². The maximum Gasteiger partial charge on any atom is 0.155 e. The lowest BCUT2D eigenvalue weighted by molar-refractivity contribution is 0.164. The number of aromatic nitrogens is 5. The monoisotopic (exact) mass is 348 g/mol. The van der Waals surface area contributed by atoms with Crippen LogP contribution in [0.15, 0.2) is 31.1 Å². The van der Waals surface area contributed by atoms with Gasteiger partial charge < -0.3 is 0 Å². The molecule has 2 unspecified atom stereocenters.